The molecule has 114 valence electrons. The lowest BCUT2D eigenvalue weighted by Gasteiger charge is -2.28. The molecule has 1 atom stereocenters. The van der Waals surface area contributed by atoms with Gasteiger partial charge in [0.25, 0.3) is 0 Å². The van der Waals surface area contributed by atoms with Crippen LogP contribution < -0.4 is 9.47 Å². The molecule has 0 aliphatic carbocycles. The fourth-order valence-electron chi connectivity index (χ4n) is 2.57. The summed E-state index contributed by atoms with van der Waals surface area (Å²) in [6, 6.07) is 13.3. The minimum atomic E-state index is -0.691. The molecule has 1 aliphatic heterocycles. The van der Waals surface area contributed by atoms with Crippen LogP contribution in [-0.4, -0.2) is 17.8 Å². The van der Waals surface area contributed by atoms with Crippen molar-refractivity contribution in [1.29, 1.82) is 0 Å². The lowest BCUT2D eigenvalue weighted by Crippen LogP contribution is -2.27. The first-order chi connectivity index (χ1) is 10.5. The number of benzene rings is 2. The Morgan fingerprint density at radius 1 is 1.09 bits per heavy atom. The second-order valence-electron chi connectivity index (χ2n) is 6.02. The maximum atomic E-state index is 10.6. The second kappa shape index (κ2) is 5.50. The normalized spacial score (nSPS) is 16.5. The van der Waals surface area contributed by atoms with Gasteiger partial charge in [-0.05, 0) is 55.3 Å². The van der Waals surface area contributed by atoms with Gasteiger partial charge in [-0.2, -0.15) is 0 Å². The first-order valence-electron chi connectivity index (χ1n) is 7.33. The highest BCUT2D eigenvalue weighted by Gasteiger charge is 2.22. The van der Waals surface area contributed by atoms with E-state index in [2.05, 4.69) is 0 Å². The highest BCUT2D eigenvalue weighted by Crippen LogP contribution is 2.34. The Labute approximate surface area is 130 Å². The van der Waals surface area contributed by atoms with Crippen LogP contribution in [0, 0.1) is 0 Å². The van der Waals surface area contributed by atoms with Crippen molar-refractivity contribution in [3.05, 3.63) is 65.2 Å². The van der Waals surface area contributed by atoms with Gasteiger partial charge in [0.1, 0.15) is 23.2 Å². The number of aliphatic hydroxyl groups excluding tert-OH is 1. The van der Waals surface area contributed by atoms with Gasteiger partial charge in [0, 0.05) is 5.56 Å². The number of aliphatic hydroxyl groups is 1. The van der Waals surface area contributed by atoms with Gasteiger partial charge >= 0.3 is 0 Å². The molecule has 0 saturated carbocycles. The van der Waals surface area contributed by atoms with E-state index in [9.17, 15) is 5.11 Å². The third-order valence-corrected chi connectivity index (χ3v) is 3.80. The molecular formula is C19H20O3. The van der Waals surface area contributed by atoms with E-state index < -0.39 is 6.10 Å². The smallest absolute Gasteiger partial charge is 0.127 e. The van der Waals surface area contributed by atoms with E-state index in [1.54, 1.807) is 7.11 Å². The van der Waals surface area contributed by atoms with Gasteiger partial charge < -0.3 is 14.6 Å². The molecule has 2 aromatic rings. The van der Waals surface area contributed by atoms with Crippen molar-refractivity contribution in [2.24, 2.45) is 0 Å². The standard InChI is InChI=1S/C19H20O3/c1-19(2)10-9-13-11-15(7-8-17(13)22-19)18(20)14-5-4-6-16(12-14)21-3/h4-12,18,20H,1-3H3. The van der Waals surface area contributed by atoms with Crippen molar-refractivity contribution >= 4 is 6.08 Å². The first kappa shape index (κ1) is 14.7. The Hall–Kier alpha value is -2.26. The Balaban J connectivity index is 1.92. The van der Waals surface area contributed by atoms with E-state index in [0.717, 1.165) is 28.2 Å². The maximum Gasteiger partial charge on any atom is 0.127 e. The molecule has 0 amide bonds. The van der Waals surface area contributed by atoms with Crippen LogP contribution in [0.3, 0.4) is 0 Å². The van der Waals surface area contributed by atoms with Crippen LogP contribution in [0.15, 0.2) is 48.5 Å². The van der Waals surface area contributed by atoms with Crippen LogP contribution in [0.2, 0.25) is 0 Å². The summed E-state index contributed by atoms with van der Waals surface area (Å²) in [7, 11) is 1.62. The Bertz CT molecular complexity index is 716. The van der Waals surface area contributed by atoms with Gasteiger partial charge in [-0.1, -0.05) is 24.3 Å². The summed E-state index contributed by atoms with van der Waals surface area (Å²) >= 11 is 0. The molecule has 2 aromatic carbocycles. The molecule has 0 fully saturated rings. The number of fused-ring (bicyclic) bond motifs is 1. The van der Waals surface area contributed by atoms with Crippen LogP contribution >= 0.6 is 0 Å². The molecule has 3 heteroatoms. The van der Waals surface area contributed by atoms with Crippen molar-refractivity contribution in [1.82, 2.24) is 0 Å². The summed E-state index contributed by atoms with van der Waals surface area (Å²) in [6.45, 7) is 4.04. The molecule has 1 aliphatic rings. The number of ether oxygens (including phenoxy) is 2. The zero-order chi connectivity index (χ0) is 15.7. The van der Waals surface area contributed by atoms with E-state index >= 15 is 0 Å². The Morgan fingerprint density at radius 3 is 2.64 bits per heavy atom. The highest BCUT2D eigenvalue weighted by atomic mass is 16.5. The lowest BCUT2D eigenvalue weighted by molar-refractivity contribution is 0.158. The zero-order valence-corrected chi connectivity index (χ0v) is 13.0. The van der Waals surface area contributed by atoms with Crippen molar-refractivity contribution in [2.75, 3.05) is 7.11 Å². The largest absolute Gasteiger partial charge is 0.497 e. The van der Waals surface area contributed by atoms with E-state index in [1.807, 2.05) is 68.5 Å². The van der Waals surface area contributed by atoms with Crippen LogP contribution in [0.5, 0.6) is 11.5 Å². The summed E-state index contributed by atoms with van der Waals surface area (Å²) in [5.74, 6) is 1.58. The van der Waals surface area contributed by atoms with Crippen molar-refractivity contribution in [3.63, 3.8) is 0 Å². The molecule has 3 rings (SSSR count). The van der Waals surface area contributed by atoms with Crippen molar-refractivity contribution < 1.29 is 14.6 Å². The van der Waals surface area contributed by atoms with E-state index in [1.165, 1.54) is 0 Å². The Kier molecular flexibility index (Phi) is 3.67. The molecule has 22 heavy (non-hydrogen) atoms. The number of hydrogen-bond acceptors (Lipinski definition) is 3. The molecular weight excluding hydrogens is 276 g/mol. The molecule has 0 radical (unpaired) electrons. The van der Waals surface area contributed by atoms with Crippen LogP contribution in [0.1, 0.15) is 36.6 Å². The fraction of sp³-hybridized carbons (Fsp3) is 0.263. The molecule has 3 nitrogen and oxygen atoms in total. The van der Waals surface area contributed by atoms with E-state index in [4.69, 9.17) is 9.47 Å². The predicted octanol–water partition coefficient (Wildman–Crippen LogP) is 3.96. The summed E-state index contributed by atoms with van der Waals surface area (Å²) in [6.07, 6.45) is 3.38. The van der Waals surface area contributed by atoms with Gasteiger partial charge in [0.05, 0.1) is 7.11 Å². The summed E-state index contributed by atoms with van der Waals surface area (Å²) < 4.78 is 11.1. The highest BCUT2D eigenvalue weighted by molar-refractivity contribution is 5.62. The minimum Gasteiger partial charge on any atom is -0.497 e. The van der Waals surface area contributed by atoms with Gasteiger partial charge in [-0.25, -0.2) is 0 Å². The quantitative estimate of drug-likeness (QED) is 0.931. The maximum absolute atomic E-state index is 10.6. The average Bonchev–Trinajstić information content (AvgIpc) is 2.53. The van der Waals surface area contributed by atoms with Crippen LogP contribution in [0.4, 0.5) is 0 Å². The molecule has 1 heterocycles. The molecule has 0 aromatic heterocycles. The summed E-state index contributed by atoms with van der Waals surface area (Å²) in [5.41, 5.74) is 2.33. The first-order valence-corrected chi connectivity index (χ1v) is 7.33. The third kappa shape index (κ3) is 2.85. The van der Waals surface area contributed by atoms with Crippen LogP contribution in [-0.2, 0) is 0 Å². The molecule has 1 N–H and O–H groups in total. The lowest BCUT2D eigenvalue weighted by atomic mass is 9.96. The van der Waals surface area contributed by atoms with Gasteiger partial charge in [0.15, 0.2) is 0 Å². The Morgan fingerprint density at radius 2 is 1.86 bits per heavy atom. The fourth-order valence-corrected chi connectivity index (χ4v) is 2.57. The van der Waals surface area contributed by atoms with E-state index in [-0.39, 0.29) is 5.60 Å². The van der Waals surface area contributed by atoms with Gasteiger partial charge in [-0.15, -0.1) is 0 Å². The van der Waals surface area contributed by atoms with Crippen molar-refractivity contribution in [3.8, 4) is 11.5 Å². The van der Waals surface area contributed by atoms with Crippen LogP contribution in [0.25, 0.3) is 6.08 Å². The molecule has 0 bridgehead atoms. The SMILES string of the molecule is COc1cccc(C(O)c2ccc3c(c2)C=CC(C)(C)O3)c1. The molecule has 0 saturated heterocycles. The number of hydrogen-bond donors (Lipinski definition) is 1. The van der Waals surface area contributed by atoms with Gasteiger partial charge in [-0.3, -0.25) is 0 Å². The monoisotopic (exact) mass is 296 g/mol. The number of methoxy groups -OCH3 is 1. The summed E-state index contributed by atoms with van der Waals surface area (Å²) in [4.78, 5) is 0. The van der Waals surface area contributed by atoms with E-state index in [0.29, 0.717) is 0 Å². The average molecular weight is 296 g/mol. The molecule has 1 unspecified atom stereocenters. The zero-order valence-electron chi connectivity index (χ0n) is 13.0. The second-order valence-corrected chi connectivity index (χ2v) is 6.02. The predicted molar refractivity (Wildman–Crippen MR) is 87.2 cm³/mol. The topological polar surface area (TPSA) is 38.7 Å². The number of rotatable bonds is 3. The summed E-state index contributed by atoms with van der Waals surface area (Å²) in [5, 5.41) is 10.6. The van der Waals surface area contributed by atoms with Gasteiger partial charge in [0.2, 0.25) is 0 Å². The molecule has 0 spiro atoms. The minimum absolute atomic E-state index is 0.292. The third-order valence-electron chi connectivity index (χ3n) is 3.80. The van der Waals surface area contributed by atoms with Crippen molar-refractivity contribution in [2.45, 2.75) is 25.6 Å².